The fourth-order valence-electron chi connectivity index (χ4n) is 2.99. The summed E-state index contributed by atoms with van der Waals surface area (Å²) in [6.45, 7) is 3.83. The summed E-state index contributed by atoms with van der Waals surface area (Å²) in [5.41, 5.74) is -0.611. The van der Waals surface area contributed by atoms with Gasteiger partial charge in [0.15, 0.2) is 0 Å². The molecule has 1 unspecified atom stereocenters. The third-order valence-corrected chi connectivity index (χ3v) is 4.43. The molecular weight excluding hydrogens is 373 g/mol. The highest BCUT2D eigenvalue weighted by Gasteiger charge is 2.42. The number of rotatable bonds is 6. The highest BCUT2D eigenvalue weighted by Crippen LogP contribution is 2.43. The third-order valence-electron chi connectivity index (χ3n) is 4.19. The second kappa shape index (κ2) is 11.5. The summed E-state index contributed by atoms with van der Waals surface area (Å²) in [5, 5.41) is 7.73. The van der Waals surface area contributed by atoms with Crippen LogP contribution in [-0.4, -0.2) is 30.6 Å². The lowest BCUT2D eigenvalue weighted by molar-refractivity contribution is -0.118. The van der Waals surface area contributed by atoms with Crippen molar-refractivity contribution in [1.29, 1.82) is 0 Å². The quantitative estimate of drug-likeness (QED) is 0.638. The number of imide groups is 1. The van der Waals surface area contributed by atoms with Crippen molar-refractivity contribution in [1.82, 2.24) is 16.0 Å². The van der Waals surface area contributed by atoms with E-state index in [0.717, 1.165) is 24.8 Å². The molecule has 0 saturated heterocycles. The molecule has 1 saturated carbocycles. The molecule has 1 atom stereocenters. The molecule has 0 spiro atoms. The number of carbonyl (C=O) groups excluding carboxylic acids is 3. The smallest absolute Gasteiger partial charge is 0.321 e. The van der Waals surface area contributed by atoms with E-state index in [1.165, 1.54) is 6.92 Å². The molecular formula is C19H27ClFN3O3. The van der Waals surface area contributed by atoms with E-state index in [-0.39, 0.29) is 5.91 Å². The van der Waals surface area contributed by atoms with Crippen molar-refractivity contribution in [2.45, 2.75) is 57.7 Å². The summed E-state index contributed by atoms with van der Waals surface area (Å²) < 4.78 is 14.7. The zero-order valence-electron chi connectivity index (χ0n) is 15.7. The van der Waals surface area contributed by atoms with Crippen LogP contribution in [0.15, 0.2) is 24.3 Å². The second-order valence-corrected chi connectivity index (χ2v) is 6.89. The predicted molar refractivity (Wildman–Crippen MR) is 103 cm³/mol. The van der Waals surface area contributed by atoms with E-state index in [0.29, 0.717) is 30.8 Å². The summed E-state index contributed by atoms with van der Waals surface area (Å²) in [4.78, 5) is 31.5. The van der Waals surface area contributed by atoms with Crippen molar-refractivity contribution < 1.29 is 18.8 Å². The first kappa shape index (κ1) is 22.9. The highest BCUT2D eigenvalue weighted by molar-refractivity contribution is 6.30. The van der Waals surface area contributed by atoms with Crippen LogP contribution in [0.1, 0.15) is 57.6 Å². The van der Waals surface area contributed by atoms with Gasteiger partial charge in [-0.3, -0.25) is 14.9 Å². The zero-order chi connectivity index (χ0) is 20.3. The lowest BCUT2D eigenvalue weighted by Gasteiger charge is -2.30. The van der Waals surface area contributed by atoms with Crippen LogP contribution in [0.3, 0.4) is 0 Å². The Labute approximate surface area is 164 Å². The van der Waals surface area contributed by atoms with E-state index in [1.807, 2.05) is 6.92 Å². The van der Waals surface area contributed by atoms with Gasteiger partial charge >= 0.3 is 6.03 Å². The molecule has 1 aromatic carbocycles. The van der Waals surface area contributed by atoms with Gasteiger partial charge in [-0.25, -0.2) is 9.18 Å². The first-order chi connectivity index (χ1) is 12.8. The van der Waals surface area contributed by atoms with Crippen LogP contribution < -0.4 is 16.0 Å². The van der Waals surface area contributed by atoms with Gasteiger partial charge in [0, 0.05) is 18.5 Å². The third kappa shape index (κ3) is 7.95. The summed E-state index contributed by atoms with van der Waals surface area (Å²) in [5.74, 6) is -0.339. The normalized spacial score (nSPS) is 15.7. The number of hydrogen-bond acceptors (Lipinski definition) is 3. The molecule has 8 heteroatoms. The molecule has 0 bridgehead atoms. The van der Waals surface area contributed by atoms with Crippen LogP contribution >= 0.6 is 11.6 Å². The number of halogens is 2. The van der Waals surface area contributed by atoms with Crippen LogP contribution in [0.5, 0.6) is 0 Å². The minimum atomic E-state index is -1.34. The van der Waals surface area contributed by atoms with Crippen molar-refractivity contribution in [3.63, 3.8) is 0 Å². The van der Waals surface area contributed by atoms with E-state index in [4.69, 9.17) is 11.6 Å². The second-order valence-electron chi connectivity index (χ2n) is 6.45. The maximum atomic E-state index is 14.7. The Balaban J connectivity index is 0.000000314. The zero-order valence-corrected chi connectivity index (χ0v) is 16.4. The van der Waals surface area contributed by atoms with E-state index < -0.39 is 17.7 Å². The SMILES string of the molecule is CCCNC(=O)NC(C)=O.O=CNC(c1cccc(Cl)c1)C1(F)CCCC1. The fourth-order valence-corrected chi connectivity index (χ4v) is 3.19. The largest absolute Gasteiger partial charge is 0.349 e. The topological polar surface area (TPSA) is 87.3 Å². The molecule has 0 heterocycles. The Hall–Kier alpha value is -2.15. The van der Waals surface area contributed by atoms with Gasteiger partial charge in [0.2, 0.25) is 12.3 Å². The molecule has 0 aliphatic heterocycles. The molecule has 6 nitrogen and oxygen atoms in total. The molecule has 1 aromatic rings. The van der Waals surface area contributed by atoms with E-state index in [2.05, 4.69) is 16.0 Å². The Morgan fingerprint density at radius 3 is 2.52 bits per heavy atom. The van der Waals surface area contributed by atoms with Gasteiger partial charge in [0.25, 0.3) is 0 Å². The average Bonchev–Trinajstić information content (AvgIpc) is 3.05. The van der Waals surface area contributed by atoms with Gasteiger partial charge in [-0.15, -0.1) is 0 Å². The molecule has 27 heavy (non-hydrogen) atoms. The molecule has 0 aromatic heterocycles. The molecule has 1 aliphatic carbocycles. The van der Waals surface area contributed by atoms with Crippen LogP contribution in [0.2, 0.25) is 5.02 Å². The first-order valence-electron chi connectivity index (χ1n) is 9.02. The Morgan fingerprint density at radius 1 is 1.33 bits per heavy atom. The molecule has 4 amide bonds. The fraction of sp³-hybridized carbons (Fsp3) is 0.526. The van der Waals surface area contributed by atoms with E-state index in [9.17, 15) is 18.8 Å². The Bertz CT molecular complexity index is 636. The lowest BCUT2D eigenvalue weighted by atomic mass is 9.89. The van der Waals surface area contributed by atoms with Crippen LogP contribution in [-0.2, 0) is 9.59 Å². The summed E-state index contributed by atoms with van der Waals surface area (Å²) >= 11 is 5.90. The number of hydrogen-bond donors (Lipinski definition) is 3. The van der Waals surface area contributed by atoms with Gasteiger partial charge in [-0.2, -0.15) is 0 Å². The van der Waals surface area contributed by atoms with E-state index in [1.54, 1.807) is 24.3 Å². The summed E-state index contributed by atoms with van der Waals surface area (Å²) in [7, 11) is 0. The van der Waals surface area contributed by atoms with Gasteiger partial charge in [-0.05, 0) is 37.0 Å². The molecule has 1 aliphatic rings. The number of alkyl halides is 1. The predicted octanol–water partition coefficient (Wildman–Crippen LogP) is 3.65. The molecule has 3 N–H and O–H groups in total. The van der Waals surface area contributed by atoms with Gasteiger partial charge < -0.3 is 10.6 Å². The van der Waals surface area contributed by atoms with Gasteiger partial charge in [0.05, 0.1) is 6.04 Å². The maximum absolute atomic E-state index is 14.7. The number of benzene rings is 1. The Kier molecular flexibility index (Phi) is 9.78. The molecule has 2 rings (SSSR count). The van der Waals surface area contributed by atoms with Crippen LogP contribution in [0.4, 0.5) is 9.18 Å². The van der Waals surface area contributed by atoms with Gasteiger partial charge in [-0.1, -0.05) is 43.5 Å². The summed E-state index contributed by atoms with van der Waals surface area (Å²) in [6.07, 6.45) is 4.15. The average molecular weight is 400 g/mol. The minimum Gasteiger partial charge on any atom is -0.349 e. The number of nitrogens with one attached hydrogen (secondary N) is 3. The maximum Gasteiger partial charge on any atom is 0.321 e. The van der Waals surface area contributed by atoms with Gasteiger partial charge in [0.1, 0.15) is 5.67 Å². The van der Waals surface area contributed by atoms with Crippen LogP contribution in [0, 0.1) is 0 Å². The molecule has 0 radical (unpaired) electrons. The first-order valence-corrected chi connectivity index (χ1v) is 9.39. The van der Waals surface area contributed by atoms with Crippen molar-refractivity contribution in [3.05, 3.63) is 34.9 Å². The number of urea groups is 1. The monoisotopic (exact) mass is 399 g/mol. The molecule has 150 valence electrons. The van der Waals surface area contributed by atoms with Crippen molar-refractivity contribution in [3.8, 4) is 0 Å². The lowest BCUT2D eigenvalue weighted by Crippen LogP contribution is -2.38. The van der Waals surface area contributed by atoms with E-state index >= 15 is 0 Å². The molecule has 1 fully saturated rings. The number of amides is 4. The standard InChI is InChI=1S/C13H15ClFNO.C6H12N2O2/c14-11-5-3-4-10(8-11)12(16-9-17)13(15)6-1-2-7-13;1-3-4-7-6(10)8-5(2)9/h3-5,8-9,12H,1-2,6-7H2,(H,16,17);3-4H2,1-2H3,(H2,7,8,9,10). The van der Waals surface area contributed by atoms with Crippen molar-refractivity contribution in [2.24, 2.45) is 0 Å². The van der Waals surface area contributed by atoms with Crippen LogP contribution in [0.25, 0.3) is 0 Å². The minimum absolute atomic E-state index is 0.339. The van der Waals surface area contributed by atoms with Crippen molar-refractivity contribution in [2.75, 3.05) is 6.54 Å². The number of carbonyl (C=O) groups is 3. The highest BCUT2D eigenvalue weighted by atomic mass is 35.5. The van der Waals surface area contributed by atoms with Crippen molar-refractivity contribution >= 4 is 29.9 Å². The summed E-state index contributed by atoms with van der Waals surface area (Å²) in [6, 6.07) is 6.00. The Morgan fingerprint density at radius 2 is 2.00 bits per heavy atom.